The van der Waals surface area contributed by atoms with Crippen LogP contribution in [0.4, 0.5) is 0 Å². The second-order valence-corrected chi connectivity index (χ2v) is 9.59. The van der Waals surface area contributed by atoms with E-state index in [4.69, 9.17) is 11.6 Å². The summed E-state index contributed by atoms with van der Waals surface area (Å²) in [6.07, 6.45) is 6.01. The monoisotopic (exact) mass is 448 g/mol. The molecule has 1 N–H and O–H groups in total. The van der Waals surface area contributed by atoms with Crippen LogP contribution in [0.5, 0.6) is 0 Å². The van der Waals surface area contributed by atoms with Crippen LogP contribution in [0.25, 0.3) is 10.2 Å². The van der Waals surface area contributed by atoms with E-state index in [1.807, 2.05) is 6.07 Å². The van der Waals surface area contributed by atoms with Crippen LogP contribution in [0, 0.1) is 0 Å². The van der Waals surface area contributed by atoms with Gasteiger partial charge in [0, 0.05) is 24.7 Å². The van der Waals surface area contributed by atoms with Crippen LogP contribution >= 0.6 is 34.7 Å². The van der Waals surface area contributed by atoms with Gasteiger partial charge in [0.2, 0.25) is 5.91 Å². The molecule has 4 rings (SSSR count). The van der Waals surface area contributed by atoms with Gasteiger partial charge in [-0.3, -0.25) is 9.59 Å². The van der Waals surface area contributed by atoms with Gasteiger partial charge in [0.15, 0.2) is 0 Å². The Bertz CT molecular complexity index is 1090. The van der Waals surface area contributed by atoms with E-state index in [0.29, 0.717) is 29.0 Å². The van der Waals surface area contributed by atoms with E-state index in [2.05, 4.69) is 15.0 Å². The smallest absolute Gasteiger partial charge is 0.259 e. The van der Waals surface area contributed by atoms with Gasteiger partial charge in [0.25, 0.3) is 5.56 Å². The van der Waals surface area contributed by atoms with Gasteiger partial charge >= 0.3 is 0 Å². The number of aromatic amines is 1. The number of aryl methyl sites for hydroxylation is 2. The number of carbonyl (C=O) groups excluding carboxylic acids is 1. The van der Waals surface area contributed by atoms with E-state index in [1.165, 1.54) is 28.6 Å². The summed E-state index contributed by atoms with van der Waals surface area (Å²) in [6.45, 7) is 0.478. The highest BCUT2D eigenvalue weighted by molar-refractivity contribution is 7.99. The highest BCUT2D eigenvalue weighted by Gasteiger charge is 2.20. The van der Waals surface area contributed by atoms with Crippen LogP contribution in [0.15, 0.2) is 23.1 Å². The lowest BCUT2D eigenvalue weighted by Crippen LogP contribution is -2.28. The van der Waals surface area contributed by atoms with Crippen LogP contribution in [0.3, 0.4) is 0 Å². The number of H-pyrrole nitrogens is 1. The summed E-state index contributed by atoms with van der Waals surface area (Å²) >= 11 is 8.89. The van der Waals surface area contributed by atoms with Gasteiger partial charge in [-0.05, 0) is 42.9 Å². The lowest BCUT2D eigenvalue weighted by atomic mass is 9.97. The lowest BCUT2D eigenvalue weighted by molar-refractivity contribution is -0.127. The molecule has 1 aliphatic carbocycles. The van der Waals surface area contributed by atoms with Gasteiger partial charge in [0.05, 0.1) is 16.9 Å². The Balaban J connectivity index is 1.36. The van der Waals surface area contributed by atoms with E-state index >= 15 is 0 Å². The van der Waals surface area contributed by atoms with Crippen LogP contribution < -0.4 is 5.56 Å². The molecular weight excluding hydrogens is 428 g/mol. The van der Waals surface area contributed by atoms with E-state index in [-0.39, 0.29) is 11.5 Å². The number of pyridine rings is 1. The van der Waals surface area contributed by atoms with Crippen molar-refractivity contribution in [2.45, 2.75) is 38.0 Å². The van der Waals surface area contributed by atoms with Gasteiger partial charge in [-0.1, -0.05) is 17.7 Å². The third-order valence-electron chi connectivity index (χ3n) is 4.97. The zero-order valence-corrected chi connectivity index (χ0v) is 18.4. The number of amides is 1. The average molecular weight is 449 g/mol. The minimum Gasteiger partial charge on any atom is -0.341 e. The van der Waals surface area contributed by atoms with Gasteiger partial charge in [0.1, 0.15) is 15.8 Å². The number of thiophene rings is 1. The van der Waals surface area contributed by atoms with Crippen molar-refractivity contribution in [3.8, 4) is 0 Å². The van der Waals surface area contributed by atoms with Crippen molar-refractivity contribution >= 4 is 50.8 Å². The number of fused-ring (bicyclic) bond motifs is 3. The molecule has 0 bridgehead atoms. The van der Waals surface area contributed by atoms with Gasteiger partial charge in [-0.15, -0.1) is 23.1 Å². The Kier molecular flexibility index (Phi) is 6.22. The standard InChI is InChI=1S/C20H21ClN4O2S2/c1-25(9-12-6-7-15(21)22-8-12)17(26)11-28-10-16-23-19(27)18-13-4-2-3-5-14(13)29-20(18)24-16/h6-8H,2-5,9-11H2,1H3,(H,23,24,27). The number of thioether (sulfide) groups is 1. The second kappa shape index (κ2) is 8.85. The molecule has 1 amide bonds. The quantitative estimate of drug-likeness (QED) is 0.580. The maximum absolute atomic E-state index is 12.6. The molecule has 0 spiro atoms. The SMILES string of the molecule is CN(Cc1ccc(Cl)nc1)C(=O)CSCc1nc2sc3c(c2c(=O)[nH]1)CCCC3. The highest BCUT2D eigenvalue weighted by atomic mass is 35.5. The molecule has 3 aromatic rings. The fourth-order valence-electron chi connectivity index (χ4n) is 3.48. The molecule has 152 valence electrons. The molecule has 9 heteroatoms. The summed E-state index contributed by atoms with van der Waals surface area (Å²) in [7, 11) is 1.76. The molecule has 3 aromatic heterocycles. The van der Waals surface area contributed by atoms with Crippen molar-refractivity contribution in [1.82, 2.24) is 19.9 Å². The summed E-state index contributed by atoms with van der Waals surface area (Å²) in [5, 5.41) is 1.20. The molecule has 6 nitrogen and oxygen atoms in total. The molecule has 0 unspecified atom stereocenters. The molecule has 1 aliphatic rings. The topological polar surface area (TPSA) is 79.0 Å². The first-order valence-electron chi connectivity index (χ1n) is 9.47. The molecule has 0 aliphatic heterocycles. The number of aromatic nitrogens is 3. The minimum absolute atomic E-state index is 0.0139. The summed E-state index contributed by atoms with van der Waals surface area (Å²) in [5.74, 6) is 1.46. The van der Waals surface area contributed by atoms with Crippen molar-refractivity contribution in [1.29, 1.82) is 0 Å². The molecule has 0 saturated heterocycles. The maximum atomic E-state index is 12.6. The molecule has 0 atom stereocenters. The van der Waals surface area contributed by atoms with Gasteiger partial charge < -0.3 is 9.88 Å². The van der Waals surface area contributed by atoms with E-state index in [0.717, 1.165) is 35.0 Å². The summed E-state index contributed by atoms with van der Waals surface area (Å²) in [4.78, 5) is 40.4. The normalized spacial score (nSPS) is 13.4. The van der Waals surface area contributed by atoms with Crippen LogP contribution in [0.2, 0.25) is 5.15 Å². The number of hydrogen-bond donors (Lipinski definition) is 1. The fourth-order valence-corrected chi connectivity index (χ4v) is 5.70. The Morgan fingerprint density at radius 3 is 2.97 bits per heavy atom. The Hall–Kier alpha value is -1.90. The Morgan fingerprint density at radius 2 is 2.17 bits per heavy atom. The maximum Gasteiger partial charge on any atom is 0.259 e. The van der Waals surface area contributed by atoms with Crippen molar-refractivity contribution in [2.24, 2.45) is 0 Å². The minimum atomic E-state index is -0.0521. The van der Waals surface area contributed by atoms with Gasteiger partial charge in [-0.2, -0.15) is 0 Å². The third-order valence-corrected chi connectivity index (χ3v) is 7.31. The number of nitrogens with zero attached hydrogens (tertiary/aromatic N) is 3. The van der Waals surface area contributed by atoms with Crippen LogP contribution in [0.1, 0.15) is 34.7 Å². The van der Waals surface area contributed by atoms with Crippen molar-refractivity contribution in [3.63, 3.8) is 0 Å². The molecule has 0 aromatic carbocycles. The Labute approximate surface area is 181 Å². The molecule has 0 fully saturated rings. The fraction of sp³-hybridized carbons (Fsp3) is 0.400. The Morgan fingerprint density at radius 1 is 1.34 bits per heavy atom. The van der Waals surface area contributed by atoms with Crippen molar-refractivity contribution in [2.75, 3.05) is 12.8 Å². The van der Waals surface area contributed by atoms with Crippen molar-refractivity contribution in [3.05, 3.63) is 55.7 Å². The average Bonchev–Trinajstić information content (AvgIpc) is 3.08. The summed E-state index contributed by atoms with van der Waals surface area (Å²) in [5.41, 5.74) is 2.06. The zero-order valence-electron chi connectivity index (χ0n) is 16.0. The zero-order chi connectivity index (χ0) is 20.4. The molecule has 0 saturated carbocycles. The van der Waals surface area contributed by atoms with E-state index in [9.17, 15) is 9.59 Å². The molecular formula is C20H21ClN4O2S2. The number of hydrogen-bond acceptors (Lipinski definition) is 6. The first-order valence-corrected chi connectivity index (χ1v) is 11.8. The highest BCUT2D eigenvalue weighted by Crippen LogP contribution is 2.33. The molecule has 0 radical (unpaired) electrons. The second-order valence-electron chi connectivity index (χ2n) is 7.14. The number of halogens is 1. The first-order chi connectivity index (χ1) is 14.0. The van der Waals surface area contributed by atoms with E-state index in [1.54, 1.807) is 35.5 Å². The summed E-state index contributed by atoms with van der Waals surface area (Å²) < 4.78 is 0. The predicted octanol–water partition coefficient (Wildman–Crippen LogP) is 3.80. The van der Waals surface area contributed by atoms with Gasteiger partial charge in [-0.25, -0.2) is 9.97 Å². The predicted molar refractivity (Wildman–Crippen MR) is 119 cm³/mol. The number of carbonyl (C=O) groups is 1. The largest absolute Gasteiger partial charge is 0.341 e. The third kappa shape index (κ3) is 4.65. The summed E-state index contributed by atoms with van der Waals surface area (Å²) in [6, 6.07) is 3.57. The number of nitrogens with one attached hydrogen (secondary N) is 1. The van der Waals surface area contributed by atoms with Crippen LogP contribution in [-0.4, -0.2) is 38.6 Å². The van der Waals surface area contributed by atoms with E-state index < -0.39 is 0 Å². The van der Waals surface area contributed by atoms with Crippen molar-refractivity contribution < 1.29 is 4.79 Å². The number of rotatable bonds is 6. The first kappa shape index (κ1) is 20.4. The lowest BCUT2D eigenvalue weighted by Gasteiger charge is -2.16. The molecule has 29 heavy (non-hydrogen) atoms. The van der Waals surface area contributed by atoms with Crippen LogP contribution in [-0.2, 0) is 29.9 Å². The molecule has 3 heterocycles.